The van der Waals surface area contributed by atoms with Gasteiger partial charge < -0.3 is 5.32 Å². The van der Waals surface area contributed by atoms with E-state index in [9.17, 15) is 31.5 Å². The lowest BCUT2D eigenvalue weighted by Gasteiger charge is -2.25. The first-order valence-electron chi connectivity index (χ1n) is 5.26. The summed E-state index contributed by atoms with van der Waals surface area (Å²) in [6.07, 6.45) is -6.38. The van der Waals surface area contributed by atoms with Crippen molar-refractivity contribution < 1.29 is 31.5 Å². The topological polar surface area (TPSA) is 46.2 Å². The summed E-state index contributed by atoms with van der Waals surface area (Å²) in [7, 11) is 0. The normalized spacial score (nSPS) is 14.4. The van der Waals surface area contributed by atoms with Gasteiger partial charge in [-0.15, -0.1) is 11.6 Å². The number of alkyl halides is 6. The highest BCUT2D eigenvalue weighted by molar-refractivity contribution is 6.27. The molecule has 1 amide bonds. The van der Waals surface area contributed by atoms with E-state index < -0.39 is 48.0 Å². The van der Waals surface area contributed by atoms with Crippen LogP contribution in [0.5, 0.6) is 0 Å². The van der Waals surface area contributed by atoms with Crippen molar-refractivity contribution in [3.63, 3.8) is 0 Å². The highest BCUT2D eigenvalue weighted by Crippen LogP contribution is 2.35. The largest absolute Gasteiger partial charge is 0.463 e. The lowest BCUT2D eigenvalue weighted by molar-refractivity contribution is -0.270. The molecule has 0 fully saturated rings. The van der Waals surface area contributed by atoms with Crippen molar-refractivity contribution in [2.75, 3.05) is 5.88 Å². The van der Waals surface area contributed by atoms with Gasteiger partial charge in [-0.2, -0.15) is 22.0 Å². The van der Waals surface area contributed by atoms with Crippen LogP contribution in [-0.2, 0) is 9.59 Å². The Morgan fingerprint density at radius 3 is 1.95 bits per heavy atom. The number of hydrogen-bond donors (Lipinski definition) is 1. The fourth-order valence-electron chi connectivity index (χ4n) is 1.14. The van der Waals surface area contributed by atoms with Crippen molar-refractivity contribution in [1.82, 2.24) is 5.32 Å². The Morgan fingerprint density at radius 1 is 1.16 bits per heavy atom. The number of carbonyl (C=O) groups excluding carboxylic acids is 2. The van der Waals surface area contributed by atoms with Crippen molar-refractivity contribution in [2.45, 2.75) is 38.4 Å². The molecule has 0 rings (SSSR count). The number of halogens is 6. The molecule has 0 aliphatic rings. The second kappa shape index (κ2) is 6.49. The van der Waals surface area contributed by atoms with Gasteiger partial charge in [0.25, 0.3) is 0 Å². The van der Waals surface area contributed by atoms with Gasteiger partial charge in [0.1, 0.15) is 5.78 Å². The first kappa shape index (κ1) is 18.1. The molecule has 0 aromatic carbocycles. The number of hydrogen-bond acceptors (Lipinski definition) is 2. The Morgan fingerprint density at radius 2 is 1.63 bits per heavy atom. The SMILES string of the molecule is CC(C)C(CC(=O)CCl)NC(=O)C(F)(F)C(F)(F)F. The molecule has 0 radical (unpaired) electrons. The Kier molecular flexibility index (Phi) is 6.18. The molecular formula is C10H13ClF5NO2. The van der Waals surface area contributed by atoms with Gasteiger partial charge in [0, 0.05) is 12.5 Å². The summed E-state index contributed by atoms with van der Waals surface area (Å²) in [6.45, 7) is 2.94. The van der Waals surface area contributed by atoms with E-state index in [1.54, 1.807) is 5.32 Å². The Bertz CT molecular complexity index is 343. The predicted molar refractivity (Wildman–Crippen MR) is 58.1 cm³/mol. The van der Waals surface area contributed by atoms with Crippen LogP contribution in [0.25, 0.3) is 0 Å². The Hall–Kier alpha value is -0.920. The molecule has 3 nitrogen and oxygen atoms in total. The minimum atomic E-state index is -5.98. The van der Waals surface area contributed by atoms with Gasteiger partial charge >= 0.3 is 18.0 Å². The average molecular weight is 310 g/mol. The van der Waals surface area contributed by atoms with E-state index in [1.807, 2.05) is 0 Å². The Labute approximate surface area is 111 Å². The standard InChI is InChI=1S/C10H13ClF5NO2/c1-5(2)7(3-6(18)4-11)17-8(19)9(12,13)10(14,15)16/h5,7H,3-4H2,1-2H3,(H,17,19). The number of rotatable bonds is 6. The van der Waals surface area contributed by atoms with Crippen LogP contribution in [0.15, 0.2) is 0 Å². The van der Waals surface area contributed by atoms with Crippen LogP contribution in [-0.4, -0.2) is 35.7 Å². The maximum atomic E-state index is 12.7. The summed E-state index contributed by atoms with van der Waals surface area (Å²) in [5.74, 6) is -9.43. The summed E-state index contributed by atoms with van der Waals surface area (Å²) < 4.78 is 61.3. The summed E-state index contributed by atoms with van der Waals surface area (Å²) in [5.41, 5.74) is 0. The zero-order valence-corrected chi connectivity index (χ0v) is 10.9. The third kappa shape index (κ3) is 4.93. The van der Waals surface area contributed by atoms with Crippen LogP contribution in [0.2, 0.25) is 0 Å². The average Bonchev–Trinajstić information content (AvgIpc) is 2.25. The fourth-order valence-corrected chi connectivity index (χ4v) is 1.25. The third-order valence-corrected chi connectivity index (χ3v) is 2.66. The highest BCUT2D eigenvalue weighted by atomic mass is 35.5. The monoisotopic (exact) mass is 309 g/mol. The maximum absolute atomic E-state index is 12.7. The van der Waals surface area contributed by atoms with E-state index in [4.69, 9.17) is 11.6 Å². The van der Waals surface area contributed by atoms with Crippen LogP contribution in [0, 0.1) is 5.92 Å². The molecule has 0 bridgehead atoms. The first-order valence-corrected chi connectivity index (χ1v) is 5.80. The molecule has 1 atom stereocenters. The number of Topliss-reactive ketones (excluding diaryl/α,β-unsaturated/α-hetero) is 1. The van der Waals surface area contributed by atoms with E-state index in [-0.39, 0.29) is 0 Å². The van der Waals surface area contributed by atoms with E-state index >= 15 is 0 Å². The van der Waals surface area contributed by atoms with Gasteiger partial charge in [0.15, 0.2) is 0 Å². The quantitative estimate of drug-likeness (QED) is 0.605. The number of nitrogens with one attached hydrogen (secondary N) is 1. The minimum absolute atomic E-state index is 0.402. The molecule has 0 heterocycles. The van der Waals surface area contributed by atoms with Crippen molar-refractivity contribution >= 4 is 23.3 Å². The second-order valence-electron chi connectivity index (χ2n) is 4.27. The summed E-state index contributed by atoms with van der Waals surface area (Å²) >= 11 is 5.21. The smallest absolute Gasteiger partial charge is 0.347 e. The van der Waals surface area contributed by atoms with Crippen LogP contribution in [0.3, 0.4) is 0 Å². The predicted octanol–water partition coefficient (Wildman–Crippen LogP) is 2.52. The molecule has 1 unspecified atom stereocenters. The summed E-state index contributed by atoms with van der Waals surface area (Å²) in [6, 6.07) is -1.13. The number of carbonyl (C=O) groups is 2. The van der Waals surface area contributed by atoms with Gasteiger partial charge in [-0.05, 0) is 5.92 Å². The molecule has 112 valence electrons. The lowest BCUT2D eigenvalue weighted by Crippen LogP contribution is -2.54. The van der Waals surface area contributed by atoms with Crippen molar-refractivity contribution in [2.24, 2.45) is 5.92 Å². The van der Waals surface area contributed by atoms with Crippen molar-refractivity contribution in [3.05, 3.63) is 0 Å². The molecule has 0 aromatic rings. The van der Waals surface area contributed by atoms with E-state index in [0.29, 0.717) is 0 Å². The highest BCUT2D eigenvalue weighted by Gasteiger charge is 2.63. The third-order valence-electron chi connectivity index (χ3n) is 2.36. The molecular weight excluding hydrogens is 297 g/mol. The van der Waals surface area contributed by atoms with E-state index in [2.05, 4.69) is 0 Å². The van der Waals surface area contributed by atoms with Crippen molar-refractivity contribution in [3.8, 4) is 0 Å². The van der Waals surface area contributed by atoms with Gasteiger partial charge in [0.2, 0.25) is 0 Å². The zero-order valence-electron chi connectivity index (χ0n) is 10.2. The van der Waals surface area contributed by atoms with Gasteiger partial charge in [-0.3, -0.25) is 9.59 Å². The van der Waals surface area contributed by atoms with Gasteiger partial charge in [-0.25, -0.2) is 0 Å². The minimum Gasteiger partial charge on any atom is -0.347 e. The van der Waals surface area contributed by atoms with Crippen LogP contribution in [0.1, 0.15) is 20.3 Å². The molecule has 0 spiro atoms. The first-order chi connectivity index (χ1) is 8.43. The molecule has 19 heavy (non-hydrogen) atoms. The van der Waals surface area contributed by atoms with Gasteiger partial charge in [-0.1, -0.05) is 13.8 Å². The Balaban J connectivity index is 4.87. The van der Waals surface area contributed by atoms with Crippen LogP contribution < -0.4 is 5.32 Å². The lowest BCUT2D eigenvalue weighted by atomic mass is 9.98. The van der Waals surface area contributed by atoms with Crippen LogP contribution >= 0.6 is 11.6 Å². The summed E-state index contributed by atoms with van der Waals surface area (Å²) in [5, 5.41) is 1.54. The maximum Gasteiger partial charge on any atom is 0.463 e. The van der Waals surface area contributed by atoms with Crippen molar-refractivity contribution in [1.29, 1.82) is 0 Å². The van der Waals surface area contributed by atoms with Crippen LogP contribution in [0.4, 0.5) is 22.0 Å². The molecule has 1 N–H and O–H groups in total. The molecule has 9 heteroatoms. The molecule has 0 aliphatic carbocycles. The zero-order chi connectivity index (χ0) is 15.4. The molecule has 0 saturated heterocycles. The van der Waals surface area contributed by atoms with E-state index in [1.165, 1.54) is 13.8 Å². The second-order valence-corrected chi connectivity index (χ2v) is 4.54. The summed E-state index contributed by atoms with van der Waals surface area (Å²) in [4.78, 5) is 22.0. The van der Waals surface area contributed by atoms with E-state index in [0.717, 1.165) is 0 Å². The van der Waals surface area contributed by atoms with Gasteiger partial charge in [0.05, 0.1) is 5.88 Å². The molecule has 0 aliphatic heterocycles. The number of amides is 1. The molecule has 0 aromatic heterocycles. The molecule has 0 saturated carbocycles. The number of ketones is 1. The fraction of sp³-hybridized carbons (Fsp3) is 0.800.